The maximum Gasteiger partial charge on any atom is 0.102 e. The minimum atomic E-state index is -0.238. The van der Waals surface area contributed by atoms with Crippen LogP contribution in [-0.4, -0.2) is 43.4 Å². The molecule has 0 radical (unpaired) electrons. The lowest BCUT2D eigenvalue weighted by atomic mass is 10.2. The van der Waals surface area contributed by atoms with Gasteiger partial charge in [-0.15, -0.1) is 0 Å². The molecule has 0 spiro atoms. The van der Waals surface area contributed by atoms with Crippen molar-refractivity contribution in [2.45, 2.75) is 38.8 Å². The SMILES string of the molecule is CC(C)OCC1CCCN1CCF. The van der Waals surface area contributed by atoms with Crippen molar-refractivity contribution in [1.29, 1.82) is 0 Å². The van der Waals surface area contributed by atoms with Gasteiger partial charge in [0.2, 0.25) is 0 Å². The Morgan fingerprint density at radius 2 is 2.31 bits per heavy atom. The Balaban J connectivity index is 2.22. The number of halogens is 1. The number of nitrogens with zero attached hydrogens (tertiary/aromatic N) is 1. The minimum absolute atomic E-state index is 0.238. The van der Waals surface area contributed by atoms with E-state index in [-0.39, 0.29) is 12.8 Å². The average molecular weight is 189 g/mol. The van der Waals surface area contributed by atoms with Crippen LogP contribution in [0.1, 0.15) is 26.7 Å². The van der Waals surface area contributed by atoms with Crippen LogP contribution in [0.3, 0.4) is 0 Å². The number of alkyl halides is 1. The van der Waals surface area contributed by atoms with Crippen molar-refractivity contribution in [3.8, 4) is 0 Å². The lowest BCUT2D eigenvalue weighted by molar-refractivity contribution is 0.0362. The Morgan fingerprint density at radius 3 is 2.92 bits per heavy atom. The van der Waals surface area contributed by atoms with Crippen molar-refractivity contribution in [1.82, 2.24) is 4.90 Å². The predicted octanol–water partition coefficient (Wildman–Crippen LogP) is 1.85. The maximum absolute atomic E-state index is 12.1. The first-order valence-electron chi connectivity index (χ1n) is 5.15. The summed E-state index contributed by atoms with van der Waals surface area (Å²) in [5.74, 6) is 0. The van der Waals surface area contributed by atoms with Gasteiger partial charge in [0.25, 0.3) is 0 Å². The van der Waals surface area contributed by atoms with Crippen LogP contribution in [0.4, 0.5) is 4.39 Å². The van der Waals surface area contributed by atoms with Gasteiger partial charge in [-0.1, -0.05) is 0 Å². The molecule has 0 N–H and O–H groups in total. The molecule has 1 saturated heterocycles. The van der Waals surface area contributed by atoms with Crippen molar-refractivity contribution < 1.29 is 9.13 Å². The first kappa shape index (κ1) is 10.9. The zero-order valence-electron chi connectivity index (χ0n) is 8.63. The summed E-state index contributed by atoms with van der Waals surface area (Å²) >= 11 is 0. The van der Waals surface area contributed by atoms with Gasteiger partial charge in [0.15, 0.2) is 0 Å². The Kier molecular flexibility index (Phi) is 4.67. The van der Waals surface area contributed by atoms with Gasteiger partial charge in [-0.3, -0.25) is 4.90 Å². The fraction of sp³-hybridized carbons (Fsp3) is 1.00. The molecule has 1 aliphatic heterocycles. The van der Waals surface area contributed by atoms with E-state index in [9.17, 15) is 4.39 Å². The summed E-state index contributed by atoms with van der Waals surface area (Å²) in [6, 6.07) is 0.457. The highest BCUT2D eigenvalue weighted by molar-refractivity contribution is 4.78. The van der Waals surface area contributed by atoms with Gasteiger partial charge in [0.1, 0.15) is 6.67 Å². The van der Waals surface area contributed by atoms with E-state index in [2.05, 4.69) is 4.90 Å². The molecular weight excluding hydrogens is 169 g/mol. The summed E-state index contributed by atoms with van der Waals surface area (Å²) in [5.41, 5.74) is 0. The summed E-state index contributed by atoms with van der Waals surface area (Å²) in [6.45, 7) is 6.21. The van der Waals surface area contributed by atoms with Gasteiger partial charge in [0, 0.05) is 12.6 Å². The zero-order chi connectivity index (χ0) is 9.68. The number of hydrogen-bond donors (Lipinski definition) is 0. The second kappa shape index (κ2) is 5.55. The third-order valence-electron chi connectivity index (χ3n) is 2.49. The van der Waals surface area contributed by atoms with Crippen molar-refractivity contribution in [3.63, 3.8) is 0 Å². The van der Waals surface area contributed by atoms with Gasteiger partial charge in [-0.05, 0) is 33.2 Å². The fourth-order valence-electron chi connectivity index (χ4n) is 1.79. The third kappa shape index (κ3) is 3.61. The molecule has 2 nitrogen and oxygen atoms in total. The van der Waals surface area contributed by atoms with E-state index in [4.69, 9.17) is 4.74 Å². The topological polar surface area (TPSA) is 12.5 Å². The number of ether oxygens (including phenoxy) is 1. The summed E-state index contributed by atoms with van der Waals surface area (Å²) in [7, 11) is 0. The molecule has 1 unspecified atom stereocenters. The van der Waals surface area contributed by atoms with Crippen LogP contribution in [0.25, 0.3) is 0 Å². The second-order valence-corrected chi connectivity index (χ2v) is 3.90. The van der Waals surface area contributed by atoms with Crippen LogP contribution >= 0.6 is 0 Å². The standard InChI is InChI=1S/C10H20FNO/c1-9(2)13-8-10-4-3-6-12(10)7-5-11/h9-10H,3-8H2,1-2H3. The molecule has 3 heteroatoms. The number of hydrogen-bond acceptors (Lipinski definition) is 2. The molecule has 1 atom stereocenters. The van der Waals surface area contributed by atoms with E-state index >= 15 is 0 Å². The molecule has 13 heavy (non-hydrogen) atoms. The molecule has 0 aromatic carbocycles. The van der Waals surface area contributed by atoms with E-state index in [1.54, 1.807) is 0 Å². The maximum atomic E-state index is 12.1. The third-order valence-corrected chi connectivity index (χ3v) is 2.49. The van der Waals surface area contributed by atoms with Crippen LogP contribution in [0.2, 0.25) is 0 Å². The molecule has 1 fully saturated rings. The summed E-state index contributed by atoms with van der Waals surface area (Å²) in [6.07, 6.45) is 2.63. The lowest BCUT2D eigenvalue weighted by Crippen LogP contribution is -2.35. The van der Waals surface area contributed by atoms with Crippen molar-refractivity contribution in [2.24, 2.45) is 0 Å². The first-order chi connectivity index (χ1) is 6.24. The van der Waals surface area contributed by atoms with Crippen molar-refractivity contribution >= 4 is 0 Å². The first-order valence-corrected chi connectivity index (χ1v) is 5.15. The molecule has 0 aromatic rings. The number of rotatable bonds is 5. The number of likely N-dealkylation sites (tertiary alicyclic amines) is 1. The molecule has 78 valence electrons. The average Bonchev–Trinajstić information content (AvgIpc) is 2.49. The van der Waals surface area contributed by atoms with E-state index in [0.717, 1.165) is 19.6 Å². The van der Waals surface area contributed by atoms with E-state index in [0.29, 0.717) is 12.6 Å². The molecule has 1 rings (SSSR count). The molecule has 1 heterocycles. The molecular formula is C10H20FNO. The summed E-state index contributed by atoms with van der Waals surface area (Å²) < 4.78 is 17.7. The van der Waals surface area contributed by atoms with E-state index < -0.39 is 0 Å². The van der Waals surface area contributed by atoms with Crippen LogP contribution in [0.15, 0.2) is 0 Å². The Bertz CT molecular complexity index is 141. The Labute approximate surface area is 80.1 Å². The van der Waals surface area contributed by atoms with Gasteiger partial charge in [0.05, 0.1) is 12.7 Å². The van der Waals surface area contributed by atoms with Crippen LogP contribution < -0.4 is 0 Å². The van der Waals surface area contributed by atoms with Crippen LogP contribution in [0.5, 0.6) is 0 Å². The smallest absolute Gasteiger partial charge is 0.102 e. The monoisotopic (exact) mass is 189 g/mol. The van der Waals surface area contributed by atoms with Crippen LogP contribution in [-0.2, 0) is 4.74 Å². The summed E-state index contributed by atoms with van der Waals surface area (Å²) in [5, 5.41) is 0. The van der Waals surface area contributed by atoms with Crippen molar-refractivity contribution in [2.75, 3.05) is 26.4 Å². The highest BCUT2D eigenvalue weighted by Gasteiger charge is 2.24. The molecule has 0 aliphatic carbocycles. The molecule has 0 aromatic heterocycles. The molecule has 0 amide bonds. The van der Waals surface area contributed by atoms with E-state index in [1.807, 2.05) is 13.8 Å². The lowest BCUT2D eigenvalue weighted by Gasteiger charge is -2.23. The fourth-order valence-corrected chi connectivity index (χ4v) is 1.79. The highest BCUT2D eigenvalue weighted by atomic mass is 19.1. The summed E-state index contributed by atoms with van der Waals surface area (Å²) in [4.78, 5) is 2.20. The molecule has 0 saturated carbocycles. The van der Waals surface area contributed by atoms with Gasteiger partial charge < -0.3 is 4.74 Å². The van der Waals surface area contributed by atoms with Gasteiger partial charge in [-0.25, -0.2) is 4.39 Å². The quantitative estimate of drug-likeness (QED) is 0.654. The normalized spacial score (nSPS) is 24.5. The zero-order valence-corrected chi connectivity index (χ0v) is 8.63. The second-order valence-electron chi connectivity index (χ2n) is 3.90. The predicted molar refractivity (Wildman–Crippen MR) is 51.7 cm³/mol. The largest absolute Gasteiger partial charge is 0.377 e. The highest BCUT2D eigenvalue weighted by Crippen LogP contribution is 2.17. The Hall–Kier alpha value is -0.150. The van der Waals surface area contributed by atoms with Gasteiger partial charge >= 0.3 is 0 Å². The van der Waals surface area contributed by atoms with Crippen LogP contribution in [0, 0.1) is 0 Å². The van der Waals surface area contributed by atoms with E-state index in [1.165, 1.54) is 6.42 Å². The minimum Gasteiger partial charge on any atom is -0.377 e. The molecule has 1 aliphatic rings. The Morgan fingerprint density at radius 1 is 1.54 bits per heavy atom. The van der Waals surface area contributed by atoms with Crippen molar-refractivity contribution in [3.05, 3.63) is 0 Å². The van der Waals surface area contributed by atoms with Gasteiger partial charge in [-0.2, -0.15) is 0 Å². The molecule has 0 bridgehead atoms.